The fraction of sp³-hybridized carbons (Fsp3) is 0.727. The van der Waals surface area contributed by atoms with Crippen molar-refractivity contribution in [1.82, 2.24) is 10.6 Å². The van der Waals surface area contributed by atoms with Gasteiger partial charge in [0.1, 0.15) is 6.04 Å². The third-order valence-electron chi connectivity index (χ3n) is 2.57. The van der Waals surface area contributed by atoms with Crippen LogP contribution in [-0.2, 0) is 9.59 Å². The number of rotatable bonds is 7. The first kappa shape index (κ1) is 16.2. The van der Waals surface area contributed by atoms with Crippen LogP contribution < -0.4 is 16.4 Å². The molecule has 0 heterocycles. The van der Waals surface area contributed by atoms with Gasteiger partial charge in [-0.15, -0.1) is 0 Å². The van der Waals surface area contributed by atoms with Crippen molar-refractivity contribution in [2.24, 2.45) is 11.7 Å². The van der Waals surface area contributed by atoms with E-state index < -0.39 is 30.4 Å². The zero-order valence-corrected chi connectivity index (χ0v) is 10.9. The van der Waals surface area contributed by atoms with Crippen LogP contribution in [0, 0.1) is 5.92 Å². The zero-order chi connectivity index (χ0) is 14.3. The first-order chi connectivity index (χ1) is 8.27. The van der Waals surface area contributed by atoms with Gasteiger partial charge < -0.3 is 21.5 Å². The molecule has 0 aromatic carbocycles. The number of carboxylic acids is 1. The molecule has 0 aromatic rings. The molecule has 0 radical (unpaired) electrons. The van der Waals surface area contributed by atoms with Gasteiger partial charge in [0, 0.05) is 6.04 Å². The van der Waals surface area contributed by atoms with E-state index >= 15 is 0 Å². The second kappa shape index (κ2) is 7.52. The lowest BCUT2D eigenvalue weighted by atomic mass is 10.0. The van der Waals surface area contributed by atoms with Gasteiger partial charge in [-0.25, -0.2) is 9.59 Å². The summed E-state index contributed by atoms with van der Waals surface area (Å²) in [6.45, 7) is 5.82. The number of hydrogen-bond acceptors (Lipinski definition) is 3. The van der Waals surface area contributed by atoms with Crippen molar-refractivity contribution < 1.29 is 19.5 Å². The maximum atomic E-state index is 11.6. The van der Waals surface area contributed by atoms with Gasteiger partial charge in [-0.05, 0) is 12.3 Å². The van der Waals surface area contributed by atoms with Crippen LogP contribution in [0.1, 0.15) is 33.6 Å². The van der Waals surface area contributed by atoms with E-state index in [0.717, 1.165) is 6.42 Å². The summed E-state index contributed by atoms with van der Waals surface area (Å²) in [7, 11) is 0. The SMILES string of the molecule is CCC(NC(=O)N[C@H](CC(N)=O)C(=O)O)C(C)C. The van der Waals surface area contributed by atoms with Gasteiger partial charge in [-0.3, -0.25) is 4.79 Å². The van der Waals surface area contributed by atoms with Crippen molar-refractivity contribution in [1.29, 1.82) is 0 Å². The highest BCUT2D eigenvalue weighted by molar-refractivity contribution is 5.87. The van der Waals surface area contributed by atoms with E-state index in [1.165, 1.54) is 0 Å². The summed E-state index contributed by atoms with van der Waals surface area (Å²) in [5, 5.41) is 13.7. The summed E-state index contributed by atoms with van der Waals surface area (Å²) < 4.78 is 0. The summed E-state index contributed by atoms with van der Waals surface area (Å²) in [5.41, 5.74) is 4.91. The lowest BCUT2D eigenvalue weighted by molar-refractivity contribution is -0.140. The molecule has 104 valence electrons. The topological polar surface area (TPSA) is 122 Å². The molecule has 0 saturated heterocycles. The number of urea groups is 1. The summed E-state index contributed by atoms with van der Waals surface area (Å²) in [6, 6.07) is -1.95. The molecule has 0 aliphatic rings. The third-order valence-corrected chi connectivity index (χ3v) is 2.57. The quantitative estimate of drug-likeness (QED) is 0.516. The van der Waals surface area contributed by atoms with Gasteiger partial charge in [0.05, 0.1) is 6.42 Å². The Morgan fingerprint density at radius 3 is 2.11 bits per heavy atom. The van der Waals surface area contributed by atoms with Crippen molar-refractivity contribution in [3.8, 4) is 0 Å². The Morgan fingerprint density at radius 1 is 1.22 bits per heavy atom. The Bertz CT molecular complexity index is 317. The summed E-state index contributed by atoms with van der Waals surface area (Å²) in [4.78, 5) is 33.1. The van der Waals surface area contributed by atoms with Crippen LogP contribution >= 0.6 is 0 Å². The number of primary amides is 1. The third kappa shape index (κ3) is 6.07. The number of carbonyl (C=O) groups is 3. The van der Waals surface area contributed by atoms with E-state index in [1.54, 1.807) is 0 Å². The van der Waals surface area contributed by atoms with Crippen LogP contribution in [0.4, 0.5) is 4.79 Å². The molecular formula is C11H21N3O4. The van der Waals surface area contributed by atoms with E-state index in [-0.39, 0.29) is 12.0 Å². The Labute approximate surface area is 106 Å². The van der Waals surface area contributed by atoms with E-state index in [2.05, 4.69) is 10.6 Å². The van der Waals surface area contributed by atoms with Gasteiger partial charge in [0.25, 0.3) is 0 Å². The molecule has 5 N–H and O–H groups in total. The smallest absolute Gasteiger partial charge is 0.326 e. The van der Waals surface area contributed by atoms with E-state index in [9.17, 15) is 14.4 Å². The molecule has 0 spiro atoms. The first-order valence-corrected chi connectivity index (χ1v) is 5.86. The molecule has 1 unspecified atom stereocenters. The molecule has 0 saturated carbocycles. The maximum absolute atomic E-state index is 11.6. The number of aliphatic carboxylic acids is 1. The minimum atomic E-state index is -1.30. The molecule has 0 aliphatic heterocycles. The van der Waals surface area contributed by atoms with Gasteiger partial charge in [0.2, 0.25) is 5.91 Å². The van der Waals surface area contributed by atoms with Crippen LogP contribution in [-0.4, -0.2) is 35.1 Å². The average molecular weight is 259 g/mol. The fourth-order valence-electron chi connectivity index (χ4n) is 1.51. The Hall–Kier alpha value is -1.79. The normalized spacial score (nSPS) is 13.8. The molecule has 0 aromatic heterocycles. The van der Waals surface area contributed by atoms with Crippen molar-refractivity contribution in [2.75, 3.05) is 0 Å². The predicted molar refractivity (Wildman–Crippen MR) is 65.8 cm³/mol. The van der Waals surface area contributed by atoms with Crippen LogP contribution in [0.25, 0.3) is 0 Å². The fourth-order valence-corrected chi connectivity index (χ4v) is 1.51. The number of carbonyl (C=O) groups excluding carboxylic acids is 2. The van der Waals surface area contributed by atoms with Gasteiger partial charge in [-0.2, -0.15) is 0 Å². The maximum Gasteiger partial charge on any atom is 0.326 e. The highest BCUT2D eigenvalue weighted by Gasteiger charge is 2.23. The molecule has 7 nitrogen and oxygen atoms in total. The second-order valence-electron chi connectivity index (χ2n) is 4.44. The lowest BCUT2D eigenvalue weighted by Crippen LogP contribution is -2.51. The summed E-state index contributed by atoms with van der Waals surface area (Å²) >= 11 is 0. The zero-order valence-electron chi connectivity index (χ0n) is 10.9. The molecule has 0 fully saturated rings. The van der Waals surface area contributed by atoms with E-state index in [1.807, 2.05) is 20.8 Å². The standard InChI is InChI=1S/C11H21N3O4/c1-4-7(6(2)3)13-11(18)14-8(10(16)17)5-9(12)15/h6-8H,4-5H2,1-3H3,(H2,12,15)(H,16,17)(H2,13,14,18)/t7?,8-/m1/s1. The number of amides is 3. The van der Waals surface area contributed by atoms with E-state index in [4.69, 9.17) is 10.8 Å². The minimum Gasteiger partial charge on any atom is -0.480 e. The molecule has 0 rings (SSSR count). The van der Waals surface area contributed by atoms with Crippen LogP contribution in [0.15, 0.2) is 0 Å². The monoisotopic (exact) mass is 259 g/mol. The van der Waals surface area contributed by atoms with E-state index in [0.29, 0.717) is 0 Å². The number of nitrogens with two attached hydrogens (primary N) is 1. The summed E-state index contributed by atoms with van der Waals surface area (Å²) in [6.07, 6.45) is 0.305. The van der Waals surface area contributed by atoms with Gasteiger partial charge in [0.15, 0.2) is 0 Å². The molecular weight excluding hydrogens is 238 g/mol. The van der Waals surface area contributed by atoms with Gasteiger partial charge >= 0.3 is 12.0 Å². The Morgan fingerprint density at radius 2 is 1.78 bits per heavy atom. The lowest BCUT2D eigenvalue weighted by Gasteiger charge is -2.22. The molecule has 0 bridgehead atoms. The number of hydrogen-bond donors (Lipinski definition) is 4. The number of carboxylic acid groups (broad SMARTS) is 1. The van der Waals surface area contributed by atoms with Crippen LogP contribution in [0.3, 0.4) is 0 Å². The van der Waals surface area contributed by atoms with Gasteiger partial charge in [-0.1, -0.05) is 20.8 Å². The summed E-state index contributed by atoms with van der Waals surface area (Å²) in [5.74, 6) is -1.83. The first-order valence-electron chi connectivity index (χ1n) is 5.86. The predicted octanol–water partition coefficient (Wildman–Crippen LogP) is 0.0488. The average Bonchev–Trinajstić information content (AvgIpc) is 2.23. The minimum absolute atomic E-state index is 0.0481. The Kier molecular flexibility index (Phi) is 6.77. The van der Waals surface area contributed by atoms with Crippen molar-refractivity contribution in [3.63, 3.8) is 0 Å². The van der Waals surface area contributed by atoms with Crippen LogP contribution in [0.5, 0.6) is 0 Å². The number of nitrogens with one attached hydrogen (secondary N) is 2. The molecule has 3 amide bonds. The van der Waals surface area contributed by atoms with Crippen molar-refractivity contribution in [2.45, 2.75) is 45.7 Å². The van der Waals surface area contributed by atoms with Crippen molar-refractivity contribution in [3.05, 3.63) is 0 Å². The highest BCUT2D eigenvalue weighted by atomic mass is 16.4. The van der Waals surface area contributed by atoms with Crippen LogP contribution in [0.2, 0.25) is 0 Å². The Balaban J connectivity index is 4.42. The van der Waals surface area contributed by atoms with Crippen molar-refractivity contribution >= 4 is 17.9 Å². The molecule has 18 heavy (non-hydrogen) atoms. The molecule has 2 atom stereocenters. The molecule has 0 aliphatic carbocycles. The highest BCUT2D eigenvalue weighted by Crippen LogP contribution is 2.05. The molecule has 7 heteroatoms. The largest absolute Gasteiger partial charge is 0.480 e. The second-order valence-corrected chi connectivity index (χ2v) is 4.44.